The molecule has 1 aromatic heterocycles. The topological polar surface area (TPSA) is 89.5 Å². The van der Waals surface area contributed by atoms with E-state index in [1.54, 1.807) is 14.0 Å². The molecule has 2 aliphatic heterocycles. The third-order valence-electron chi connectivity index (χ3n) is 8.58. The van der Waals surface area contributed by atoms with Crippen LogP contribution in [0.25, 0.3) is 0 Å². The van der Waals surface area contributed by atoms with E-state index in [2.05, 4.69) is 44.0 Å². The van der Waals surface area contributed by atoms with Gasteiger partial charge < -0.3 is 23.8 Å². The van der Waals surface area contributed by atoms with Crippen molar-refractivity contribution in [2.45, 2.75) is 44.1 Å². The fourth-order valence-electron chi connectivity index (χ4n) is 6.58. The molecule has 3 aromatic rings. The highest BCUT2D eigenvalue weighted by Gasteiger charge is 2.43. The van der Waals surface area contributed by atoms with Crippen molar-refractivity contribution in [3.63, 3.8) is 0 Å². The van der Waals surface area contributed by atoms with E-state index < -0.39 is 12.8 Å². The molecule has 2 aromatic carbocycles. The van der Waals surface area contributed by atoms with E-state index in [0.717, 1.165) is 11.1 Å². The van der Waals surface area contributed by atoms with Crippen LogP contribution >= 0.6 is 0 Å². The minimum atomic E-state index is -4.57. The van der Waals surface area contributed by atoms with Crippen LogP contribution in [0, 0.1) is 0 Å². The second kappa shape index (κ2) is 15.8. The molecule has 1 amide bonds. The van der Waals surface area contributed by atoms with Crippen LogP contribution in [0.1, 0.15) is 36.0 Å². The molecule has 0 saturated carbocycles. The number of piperazine rings is 2. The maximum absolute atomic E-state index is 13.3. The molecular formula is C34H42F3N5O5. The van der Waals surface area contributed by atoms with E-state index in [9.17, 15) is 18.0 Å². The fraction of sp³-hybridized carbons (Fsp3) is 0.500. The fourth-order valence-corrected chi connectivity index (χ4v) is 6.58. The summed E-state index contributed by atoms with van der Waals surface area (Å²) >= 11 is 0. The molecule has 2 fully saturated rings. The van der Waals surface area contributed by atoms with Crippen LogP contribution < -0.4 is 14.2 Å². The SMILES string of the molecule is CCOc1nc(OC)c(CN2CC(C(c3ccccc3)c3ccccc3)N3CCN(C(=O)CCOC)C[C@H]3C2)c(OCC(F)(F)F)n1. The van der Waals surface area contributed by atoms with Crippen LogP contribution in [0.5, 0.6) is 17.8 Å². The quantitative estimate of drug-likeness (QED) is 0.266. The minimum Gasteiger partial charge on any atom is -0.481 e. The van der Waals surface area contributed by atoms with Gasteiger partial charge in [-0.15, -0.1) is 0 Å². The Balaban J connectivity index is 1.53. The van der Waals surface area contributed by atoms with Crippen LogP contribution in [0.3, 0.4) is 0 Å². The number of carbonyl (C=O) groups excluding carboxylic acids is 1. The highest BCUT2D eigenvalue weighted by molar-refractivity contribution is 5.76. The van der Waals surface area contributed by atoms with Gasteiger partial charge in [-0.2, -0.15) is 23.1 Å². The molecule has 0 radical (unpaired) electrons. The van der Waals surface area contributed by atoms with Crippen molar-refractivity contribution < 1.29 is 36.9 Å². The number of nitrogens with zero attached hydrogens (tertiary/aromatic N) is 5. The van der Waals surface area contributed by atoms with Crippen molar-refractivity contribution in [2.75, 3.05) is 66.8 Å². The van der Waals surface area contributed by atoms with Gasteiger partial charge in [0.05, 0.1) is 32.3 Å². The Bertz CT molecular complexity index is 1410. The summed E-state index contributed by atoms with van der Waals surface area (Å²) in [4.78, 5) is 28.2. The van der Waals surface area contributed by atoms with Crippen LogP contribution in [0.15, 0.2) is 60.7 Å². The van der Waals surface area contributed by atoms with Gasteiger partial charge in [0, 0.05) is 64.4 Å². The van der Waals surface area contributed by atoms with Gasteiger partial charge in [-0.25, -0.2) is 0 Å². The van der Waals surface area contributed by atoms with Crippen molar-refractivity contribution in [3.8, 4) is 17.8 Å². The van der Waals surface area contributed by atoms with Crippen molar-refractivity contribution in [1.82, 2.24) is 24.7 Å². The zero-order valence-corrected chi connectivity index (χ0v) is 27.0. The van der Waals surface area contributed by atoms with Gasteiger partial charge in [0.1, 0.15) is 0 Å². The van der Waals surface area contributed by atoms with Crippen LogP contribution in [-0.4, -0.2) is 116 Å². The van der Waals surface area contributed by atoms with Gasteiger partial charge >= 0.3 is 12.2 Å². The number of halogens is 3. The standard InChI is InChI=1S/C34H42F3N5O5/c1-4-46-33-38-31(45-3)27(32(39-33)47-23-34(35,36)37)21-40-19-26-20-41(29(43)15-18-44-2)16-17-42(26)28(22-40)30(24-11-7-5-8-12-24)25-13-9-6-10-14-25/h5-14,26,28,30H,4,15-23H2,1-3H3/t26-,28?/m1/s1. The Hall–Kier alpha value is -3.94. The number of alkyl halides is 3. The first kappa shape index (κ1) is 34.4. The Kier molecular flexibility index (Phi) is 11.5. The maximum Gasteiger partial charge on any atom is 0.422 e. The molecule has 5 rings (SSSR count). The lowest BCUT2D eigenvalue weighted by Crippen LogP contribution is -2.67. The van der Waals surface area contributed by atoms with Crippen molar-refractivity contribution in [1.29, 1.82) is 0 Å². The Labute approximate surface area is 273 Å². The summed E-state index contributed by atoms with van der Waals surface area (Å²) in [5, 5.41) is 0. The summed E-state index contributed by atoms with van der Waals surface area (Å²) in [6.07, 6.45) is -4.27. The average Bonchev–Trinajstić information content (AvgIpc) is 3.07. The predicted octanol–water partition coefficient (Wildman–Crippen LogP) is 4.39. The molecule has 2 saturated heterocycles. The zero-order chi connectivity index (χ0) is 33.4. The molecule has 1 unspecified atom stereocenters. The lowest BCUT2D eigenvalue weighted by Gasteiger charge is -2.53. The van der Waals surface area contributed by atoms with Crippen LogP contribution in [0.4, 0.5) is 13.2 Å². The van der Waals surface area contributed by atoms with Crippen LogP contribution in [-0.2, 0) is 16.1 Å². The third kappa shape index (κ3) is 8.70. The number of aromatic nitrogens is 2. The van der Waals surface area contributed by atoms with E-state index in [1.165, 1.54) is 7.11 Å². The molecule has 3 heterocycles. The average molecular weight is 658 g/mol. The van der Waals surface area contributed by atoms with Gasteiger partial charge in [0.25, 0.3) is 0 Å². The summed E-state index contributed by atoms with van der Waals surface area (Å²) in [6, 6.07) is 20.4. The molecular weight excluding hydrogens is 615 g/mol. The molecule has 13 heteroatoms. The molecule has 2 aliphatic rings. The number of ether oxygens (including phenoxy) is 4. The number of hydrogen-bond donors (Lipinski definition) is 0. The highest BCUT2D eigenvalue weighted by atomic mass is 19.4. The van der Waals surface area contributed by atoms with Gasteiger partial charge in [-0.1, -0.05) is 60.7 Å². The minimum absolute atomic E-state index is 0.0159. The predicted molar refractivity (Wildman–Crippen MR) is 169 cm³/mol. The number of amides is 1. The lowest BCUT2D eigenvalue weighted by atomic mass is 9.81. The van der Waals surface area contributed by atoms with Gasteiger partial charge in [-0.3, -0.25) is 14.6 Å². The first-order valence-corrected chi connectivity index (χ1v) is 15.8. The molecule has 0 N–H and O–H groups in total. The first-order valence-electron chi connectivity index (χ1n) is 15.8. The summed E-state index contributed by atoms with van der Waals surface area (Å²) in [5.41, 5.74) is 2.60. The highest BCUT2D eigenvalue weighted by Crippen LogP contribution is 2.38. The maximum atomic E-state index is 13.3. The monoisotopic (exact) mass is 657 g/mol. The molecule has 254 valence electrons. The second-order valence-corrected chi connectivity index (χ2v) is 11.7. The van der Waals surface area contributed by atoms with E-state index in [-0.39, 0.29) is 54.8 Å². The number of rotatable bonds is 13. The summed E-state index contributed by atoms with van der Waals surface area (Å²) in [6.45, 7) is 3.87. The zero-order valence-electron chi connectivity index (χ0n) is 27.0. The van der Waals surface area contributed by atoms with Crippen LogP contribution in [0.2, 0.25) is 0 Å². The number of fused-ring (bicyclic) bond motifs is 1. The van der Waals surface area contributed by atoms with E-state index in [1.807, 2.05) is 41.3 Å². The number of benzene rings is 2. The van der Waals surface area contributed by atoms with E-state index in [4.69, 9.17) is 18.9 Å². The van der Waals surface area contributed by atoms with Gasteiger partial charge in [0.2, 0.25) is 17.7 Å². The van der Waals surface area contributed by atoms with E-state index >= 15 is 0 Å². The Morgan fingerprint density at radius 2 is 1.57 bits per heavy atom. The second-order valence-electron chi connectivity index (χ2n) is 11.7. The normalized spacial score (nSPS) is 19.0. The smallest absolute Gasteiger partial charge is 0.422 e. The van der Waals surface area contributed by atoms with Crippen molar-refractivity contribution in [2.24, 2.45) is 0 Å². The number of carbonyl (C=O) groups is 1. The first-order chi connectivity index (χ1) is 22.7. The summed E-state index contributed by atoms with van der Waals surface area (Å²) in [5.74, 6) is -0.133. The molecule has 0 spiro atoms. The molecule has 47 heavy (non-hydrogen) atoms. The van der Waals surface area contributed by atoms with Gasteiger partial charge in [-0.05, 0) is 18.1 Å². The Morgan fingerprint density at radius 3 is 2.17 bits per heavy atom. The Morgan fingerprint density at radius 1 is 0.915 bits per heavy atom. The largest absolute Gasteiger partial charge is 0.481 e. The summed E-state index contributed by atoms with van der Waals surface area (Å²) in [7, 11) is 2.98. The van der Waals surface area contributed by atoms with Gasteiger partial charge in [0.15, 0.2) is 6.61 Å². The number of hydrogen-bond acceptors (Lipinski definition) is 9. The van der Waals surface area contributed by atoms with Crippen molar-refractivity contribution >= 4 is 5.91 Å². The molecule has 10 nitrogen and oxygen atoms in total. The van der Waals surface area contributed by atoms with Crippen molar-refractivity contribution in [3.05, 3.63) is 77.4 Å². The number of methoxy groups -OCH3 is 2. The molecule has 0 aliphatic carbocycles. The third-order valence-corrected chi connectivity index (χ3v) is 8.58. The van der Waals surface area contributed by atoms with E-state index in [0.29, 0.717) is 51.3 Å². The lowest BCUT2D eigenvalue weighted by molar-refractivity contribution is -0.154. The molecule has 2 atom stereocenters. The summed E-state index contributed by atoms with van der Waals surface area (Å²) < 4.78 is 61.3. The molecule has 0 bridgehead atoms.